The Bertz CT molecular complexity index is 875. The number of ketones is 2. The van der Waals surface area contributed by atoms with Gasteiger partial charge in [-0.05, 0) is 55.8 Å². The molecule has 0 aliphatic heterocycles. The molecule has 0 atom stereocenters. The van der Waals surface area contributed by atoms with E-state index in [0.29, 0.717) is 56.9 Å². The number of hydrogen-bond acceptors (Lipinski definition) is 6. The van der Waals surface area contributed by atoms with Crippen LogP contribution in [0.4, 0.5) is 0 Å². The van der Waals surface area contributed by atoms with E-state index < -0.39 is 5.91 Å². The standard InChI is InChI=1S/C25H40N2O6/c1-24(2,14-18(16-28)22(26)31)12-6-10-20(29)8-5-9-21(30)11-7-13-25(3,4)15-19-17-33-27-23(19)32/h16-17,28H,5-15H2,1-4H3,(H2,26,31)(H,27,32)/b18-16-. The highest BCUT2D eigenvalue weighted by Crippen LogP contribution is 2.31. The number of H-pyrrole nitrogens is 1. The van der Waals surface area contributed by atoms with E-state index in [-0.39, 0.29) is 33.5 Å². The molecule has 0 aliphatic rings. The van der Waals surface area contributed by atoms with Crippen LogP contribution >= 0.6 is 0 Å². The smallest absolute Gasteiger partial charge is 0.283 e. The molecule has 1 amide bonds. The molecule has 0 saturated heterocycles. The molecule has 1 aromatic rings. The van der Waals surface area contributed by atoms with Gasteiger partial charge in [-0.1, -0.05) is 27.7 Å². The van der Waals surface area contributed by atoms with Gasteiger partial charge in [-0.25, -0.2) is 0 Å². The molecule has 0 unspecified atom stereocenters. The van der Waals surface area contributed by atoms with Crippen molar-refractivity contribution in [3.63, 3.8) is 0 Å². The Balaban J connectivity index is 2.21. The highest BCUT2D eigenvalue weighted by Gasteiger charge is 2.23. The van der Waals surface area contributed by atoms with Crippen molar-refractivity contribution in [3.05, 3.63) is 34.0 Å². The maximum absolute atomic E-state index is 12.2. The predicted octanol–water partition coefficient (Wildman–Crippen LogP) is 4.53. The average molecular weight is 465 g/mol. The van der Waals surface area contributed by atoms with Crippen LogP contribution in [0.15, 0.2) is 27.4 Å². The molecule has 1 aromatic heterocycles. The monoisotopic (exact) mass is 464 g/mol. The summed E-state index contributed by atoms with van der Waals surface area (Å²) in [6, 6.07) is 0. The summed E-state index contributed by atoms with van der Waals surface area (Å²) in [5, 5.41) is 11.4. The molecular weight excluding hydrogens is 424 g/mol. The highest BCUT2D eigenvalue weighted by molar-refractivity contribution is 5.91. The zero-order valence-corrected chi connectivity index (χ0v) is 20.5. The van der Waals surface area contributed by atoms with Crippen molar-refractivity contribution in [2.45, 2.75) is 98.3 Å². The first-order chi connectivity index (χ1) is 15.3. The van der Waals surface area contributed by atoms with Gasteiger partial charge in [0.2, 0.25) is 5.91 Å². The number of aliphatic hydroxyl groups is 1. The molecule has 0 fully saturated rings. The van der Waals surface area contributed by atoms with Crippen LogP contribution in [-0.2, 0) is 20.8 Å². The molecule has 8 heteroatoms. The lowest BCUT2D eigenvalue weighted by molar-refractivity contribution is -0.120. The molecule has 0 aromatic carbocycles. The van der Waals surface area contributed by atoms with Crippen molar-refractivity contribution in [3.8, 4) is 0 Å². The van der Waals surface area contributed by atoms with E-state index in [2.05, 4.69) is 19.0 Å². The van der Waals surface area contributed by atoms with Crippen LogP contribution in [0.2, 0.25) is 0 Å². The third-order valence-corrected chi connectivity index (χ3v) is 5.98. The molecule has 1 heterocycles. The second-order valence-electron chi connectivity index (χ2n) is 10.5. The molecule has 4 N–H and O–H groups in total. The summed E-state index contributed by atoms with van der Waals surface area (Å²) in [5.74, 6) is -0.336. The van der Waals surface area contributed by atoms with E-state index >= 15 is 0 Å². The van der Waals surface area contributed by atoms with Crippen molar-refractivity contribution in [2.75, 3.05) is 0 Å². The summed E-state index contributed by atoms with van der Waals surface area (Å²) in [7, 11) is 0. The number of nitrogens with two attached hydrogens (primary N) is 1. The van der Waals surface area contributed by atoms with Crippen LogP contribution in [0.1, 0.15) is 97.5 Å². The number of nitrogens with one attached hydrogen (secondary N) is 1. The Morgan fingerprint density at radius 1 is 0.970 bits per heavy atom. The third-order valence-electron chi connectivity index (χ3n) is 5.98. The number of carbonyl (C=O) groups excluding carboxylic acids is 3. The quantitative estimate of drug-likeness (QED) is 0.228. The van der Waals surface area contributed by atoms with Gasteiger partial charge in [0.25, 0.3) is 5.56 Å². The number of rotatable bonds is 17. The van der Waals surface area contributed by atoms with Crippen LogP contribution < -0.4 is 11.3 Å². The van der Waals surface area contributed by atoms with Crippen molar-refractivity contribution in [1.82, 2.24) is 5.16 Å². The van der Waals surface area contributed by atoms with Crippen LogP contribution in [0.3, 0.4) is 0 Å². The molecule has 8 nitrogen and oxygen atoms in total. The van der Waals surface area contributed by atoms with E-state index in [1.807, 2.05) is 13.8 Å². The van der Waals surface area contributed by atoms with Gasteiger partial charge < -0.3 is 15.4 Å². The molecule has 33 heavy (non-hydrogen) atoms. The van der Waals surface area contributed by atoms with E-state index in [9.17, 15) is 19.2 Å². The number of aliphatic hydroxyl groups excluding tert-OH is 1. The summed E-state index contributed by atoms with van der Waals surface area (Å²) in [6.45, 7) is 8.07. The minimum absolute atomic E-state index is 0.105. The maximum Gasteiger partial charge on any atom is 0.283 e. The summed E-state index contributed by atoms with van der Waals surface area (Å²) in [5.41, 5.74) is 5.47. The molecular formula is C25H40N2O6. The Kier molecular flexibility index (Phi) is 11.3. The molecule has 0 radical (unpaired) electrons. The van der Waals surface area contributed by atoms with E-state index in [0.717, 1.165) is 25.5 Å². The first-order valence-electron chi connectivity index (χ1n) is 11.7. The summed E-state index contributed by atoms with van der Waals surface area (Å²) in [4.78, 5) is 47.2. The lowest BCUT2D eigenvalue weighted by atomic mass is 9.80. The minimum Gasteiger partial charge on any atom is -0.515 e. The normalized spacial score (nSPS) is 12.7. The third kappa shape index (κ3) is 11.7. The largest absolute Gasteiger partial charge is 0.515 e. The van der Waals surface area contributed by atoms with Crippen LogP contribution in [0.25, 0.3) is 0 Å². The summed E-state index contributed by atoms with van der Waals surface area (Å²) in [6.07, 6.45) is 8.42. The van der Waals surface area contributed by atoms with Gasteiger partial charge in [0, 0.05) is 25.7 Å². The first-order valence-corrected chi connectivity index (χ1v) is 11.7. The van der Waals surface area contributed by atoms with Gasteiger partial charge in [0.05, 0.1) is 17.4 Å². The fourth-order valence-electron chi connectivity index (χ4n) is 4.06. The molecule has 0 spiro atoms. The average Bonchev–Trinajstić information content (AvgIpc) is 3.09. The van der Waals surface area contributed by atoms with Gasteiger partial charge in [-0.3, -0.25) is 19.2 Å². The number of amides is 1. The van der Waals surface area contributed by atoms with Crippen molar-refractivity contribution >= 4 is 17.5 Å². The number of carbonyl (C=O) groups is 3. The number of aromatic nitrogens is 1. The van der Waals surface area contributed by atoms with Gasteiger partial charge >= 0.3 is 0 Å². The fraction of sp³-hybridized carbons (Fsp3) is 0.680. The Labute approximate surface area is 196 Å². The van der Waals surface area contributed by atoms with Crippen molar-refractivity contribution in [1.29, 1.82) is 0 Å². The highest BCUT2D eigenvalue weighted by atomic mass is 16.5. The fourth-order valence-corrected chi connectivity index (χ4v) is 4.06. The van der Waals surface area contributed by atoms with Crippen LogP contribution in [0, 0.1) is 10.8 Å². The molecule has 0 saturated carbocycles. The zero-order chi connectivity index (χ0) is 25.1. The van der Waals surface area contributed by atoms with Gasteiger partial charge in [-0.15, -0.1) is 0 Å². The van der Waals surface area contributed by atoms with Gasteiger partial charge in [0.15, 0.2) is 0 Å². The van der Waals surface area contributed by atoms with E-state index in [4.69, 9.17) is 15.4 Å². The van der Waals surface area contributed by atoms with Gasteiger partial charge in [0.1, 0.15) is 17.8 Å². The molecule has 0 bridgehead atoms. The van der Waals surface area contributed by atoms with E-state index in [1.54, 1.807) is 0 Å². The van der Waals surface area contributed by atoms with Crippen LogP contribution in [0.5, 0.6) is 0 Å². The Morgan fingerprint density at radius 2 is 1.48 bits per heavy atom. The SMILES string of the molecule is CC(C)(CCCC(=O)CCCC(=O)CCCC(C)(C)Cc1co[nH]c1=O)C/C(=C/O)C(N)=O. The Morgan fingerprint density at radius 3 is 1.94 bits per heavy atom. The summed E-state index contributed by atoms with van der Waals surface area (Å²) < 4.78 is 4.82. The first kappa shape index (κ1) is 28.4. The van der Waals surface area contributed by atoms with Crippen molar-refractivity contribution in [2.24, 2.45) is 16.6 Å². The van der Waals surface area contributed by atoms with Crippen LogP contribution in [-0.4, -0.2) is 27.7 Å². The molecule has 0 aliphatic carbocycles. The Hall–Kier alpha value is -2.64. The van der Waals surface area contributed by atoms with Crippen molar-refractivity contribution < 1.29 is 24.0 Å². The number of Topliss-reactive ketones (excluding diaryl/α,β-unsaturated/α-hetero) is 2. The number of aromatic amines is 1. The number of hydrogen-bond donors (Lipinski definition) is 3. The zero-order valence-electron chi connectivity index (χ0n) is 20.5. The maximum atomic E-state index is 12.2. The van der Waals surface area contributed by atoms with Gasteiger partial charge in [-0.2, -0.15) is 5.16 Å². The summed E-state index contributed by atoms with van der Waals surface area (Å²) >= 11 is 0. The van der Waals surface area contributed by atoms with E-state index in [1.165, 1.54) is 6.26 Å². The topological polar surface area (TPSA) is 143 Å². The lowest BCUT2D eigenvalue weighted by Gasteiger charge is -2.24. The second kappa shape index (κ2) is 13.2. The minimum atomic E-state index is -0.636. The predicted molar refractivity (Wildman–Crippen MR) is 127 cm³/mol. The molecule has 1 rings (SSSR count). The number of primary amides is 1. The molecule has 186 valence electrons. The second-order valence-corrected chi connectivity index (χ2v) is 10.5. The lowest BCUT2D eigenvalue weighted by Crippen LogP contribution is -2.21.